The van der Waals surface area contributed by atoms with Crippen LogP contribution in [0.4, 0.5) is 0 Å². The summed E-state index contributed by atoms with van der Waals surface area (Å²) < 4.78 is 4.46. The Hall–Kier alpha value is 1.02. The molecule has 11 heavy (non-hydrogen) atoms. The minimum absolute atomic E-state index is 0.935. The predicted molar refractivity (Wildman–Crippen MR) is 66.1 cm³/mol. The second-order valence-electron chi connectivity index (χ2n) is 2.10. The number of aromatic nitrogens is 2. The summed E-state index contributed by atoms with van der Waals surface area (Å²) in [5.74, 6) is 0.935. The molecule has 0 aromatic carbocycles. The maximum atomic E-state index is 4.19. The van der Waals surface area contributed by atoms with Gasteiger partial charge < -0.3 is 4.57 Å². The van der Waals surface area contributed by atoms with Gasteiger partial charge in [-0.25, -0.2) is 4.98 Å². The fourth-order valence-electron chi connectivity index (χ4n) is 0.740. The molecular formula is C6H8I2N2S. The largest absolute Gasteiger partial charge is 0.325 e. The first-order valence-electron chi connectivity index (χ1n) is 3.22. The molecule has 1 aromatic rings. The lowest BCUT2D eigenvalue weighted by Crippen LogP contribution is -1.99. The zero-order valence-corrected chi connectivity index (χ0v) is 11.0. The van der Waals surface area contributed by atoms with Crippen LogP contribution in [0, 0.1) is 7.40 Å². The molecule has 0 aliphatic carbocycles. The summed E-state index contributed by atoms with van der Waals surface area (Å²) in [4.78, 5) is 4.19. The van der Waals surface area contributed by atoms with Gasteiger partial charge in [0.25, 0.3) is 0 Å². The van der Waals surface area contributed by atoms with Crippen molar-refractivity contribution < 1.29 is 0 Å². The molecule has 1 rings (SSSR count). The van der Waals surface area contributed by atoms with Crippen molar-refractivity contribution in [3.63, 3.8) is 0 Å². The van der Waals surface area contributed by atoms with Crippen molar-refractivity contribution in [1.82, 2.24) is 9.55 Å². The van der Waals surface area contributed by atoms with Crippen LogP contribution in [0.5, 0.6) is 0 Å². The molecule has 0 saturated carbocycles. The normalized spacial score (nSPS) is 10.5. The molecule has 0 N–H and O–H groups in total. The molecule has 62 valence electrons. The highest BCUT2D eigenvalue weighted by molar-refractivity contribution is 14.1. The average molecular weight is 394 g/mol. The molecule has 2 nitrogen and oxygen atoms in total. The first kappa shape index (κ1) is 10.1. The SMILES string of the molecule is SCCCn1cnc(I)c1I. The molecule has 0 aliphatic rings. The van der Waals surface area contributed by atoms with Crippen LogP contribution < -0.4 is 0 Å². The van der Waals surface area contributed by atoms with E-state index in [2.05, 4.69) is 67.4 Å². The standard InChI is InChI=1S/C6H8I2N2S/c7-5-6(8)10(4-9-5)2-1-3-11/h4,11H,1-3H2. The van der Waals surface area contributed by atoms with Crippen molar-refractivity contribution in [2.24, 2.45) is 0 Å². The Morgan fingerprint density at radius 3 is 2.73 bits per heavy atom. The van der Waals surface area contributed by atoms with E-state index in [1.807, 2.05) is 6.33 Å². The van der Waals surface area contributed by atoms with Crippen LogP contribution >= 0.6 is 57.8 Å². The Morgan fingerprint density at radius 2 is 2.27 bits per heavy atom. The third-order valence-electron chi connectivity index (χ3n) is 1.29. The summed E-state index contributed by atoms with van der Waals surface area (Å²) in [5, 5.41) is 0. The van der Waals surface area contributed by atoms with E-state index in [4.69, 9.17) is 0 Å². The van der Waals surface area contributed by atoms with E-state index >= 15 is 0 Å². The van der Waals surface area contributed by atoms with Crippen molar-refractivity contribution >= 4 is 57.8 Å². The summed E-state index contributed by atoms with van der Waals surface area (Å²) in [6.45, 7) is 1.03. The molecule has 0 atom stereocenters. The molecule has 0 amide bonds. The van der Waals surface area contributed by atoms with Gasteiger partial charge >= 0.3 is 0 Å². The highest BCUT2D eigenvalue weighted by atomic mass is 127. The second kappa shape index (κ2) is 4.90. The van der Waals surface area contributed by atoms with Crippen LogP contribution in [0.1, 0.15) is 6.42 Å². The average Bonchev–Trinajstić information content (AvgIpc) is 2.31. The van der Waals surface area contributed by atoms with E-state index in [0.717, 1.165) is 22.4 Å². The number of imidazole rings is 1. The number of aryl methyl sites for hydroxylation is 1. The predicted octanol–water partition coefficient (Wildman–Crippen LogP) is 2.41. The first-order valence-corrected chi connectivity index (χ1v) is 6.01. The van der Waals surface area contributed by atoms with Gasteiger partial charge in [0.2, 0.25) is 0 Å². The van der Waals surface area contributed by atoms with Gasteiger partial charge in [-0.15, -0.1) is 0 Å². The van der Waals surface area contributed by atoms with Crippen molar-refractivity contribution in [2.75, 3.05) is 5.75 Å². The Balaban J connectivity index is 2.63. The molecule has 0 spiro atoms. The number of hydrogen-bond acceptors (Lipinski definition) is 2. The summed E-state index contributed by atoms with van der Waals surface area (Å²) >= 11 is 8.70. The van der Waals surface area contributed by atoms with Crippen LogP contribution in [0.3, 0.4) is 0 Å². The lowest BCUT2D eigenvalue weighted by atomic mass is 10.5. The quantitative estimate of drug-likeness (QED) is 0.616. The lowest BCUT2D eigenvalue weighted by molar-refractivity contribution is 0.670. The van der Waals surface area contributed by atoms with E-state index in [1.165, 1.54) is 3.70 Å². The van der Waals surface area contributed by atoms with Crippen molar-refractivity contribution in [3.05, 3.63) is 13.7 Å². The molecule has 5 heteroatoms. The fraction of sp³-hybridized carbons (Fsp3) is 0.500. The fourth-order valence-corrected chi connectivity index (χ4v) is 1.82. The third-order valence-corrected chi connectivity index (χ3v) is 4.56. The molecule has 0 aliphatic heterocycles. The molecule has 1 heterocycles. The zero-order chi connectivity index (χ0) is 8.27. The number of rotatable bonds is 3. The minimum atomic E-state index is 0.935. The summed E-state index contributed by atoms with van der Waals surface area (Å²) in [7, 11) is 0. The van der Waals surface area contributed by atoms with E-state index in [1.54, 1.807) is 0 Å². The first-order chi connectivity index (χ1) is 5.25. The Labute approximate surface area is 98.8 Å². The highest BCUT2D eigenvalue weighted by Crippen LogP contribution is 2.13. The molecule has 0 saturated heterocycles. The zero-order valence-electron chi connectivity index (χ0n) is 5.80. The van der Waals surface area contributed by atoms with Gasteiger partial charge in [0.1, 0.15) is 7.40 Å². The number of hydrogen-bond donors (Lipinski definition) is 1. The summed E-state index contributed by atoms with van der Waals surface area (Å²) in [6.07, 6.45) is 2.98. The van der Waals surface area contributed by atoms with Crippen LogP contribution in [-0.4, -0.2) is 15.3 Å². The highest BCUT2D eigenvalue weighted by Gasteiger charge is 2.02. The van der Waals surface area contributed by atoms with E-state index in [0.29, 0.717) is 0 Å². The van der Waals surface area contributed by atoms with Crippen molar-refractivity contribution in [3.8, 4) is 0 Å². The smallest absolute Gasteiger partial charge is 0.132 e. The molecule has 1 aromatic heterocycles. The third kappa shape index (κ3) is 2.76. The van der Waals surface area contributed by atoms with Crippen molar-refractivity contribution in [2.45, 2.75) is 13.0 Å². The Kier molecular flexibility index (Phi) is 4.50. The second-order valence-corrected chi connectivity index (χ2v) is 4.59. The van der Waals surface area contributed by atoms with Gasteiger partial charge in [0.05, 0.1) is 6.33 Å². The molecule has 0 fully saturated rings. The maximum Gasteiger partial charge on any atom is 0.132 e. The number of nitrogens with zero attached hydrogens (tertiary/aromatic N) is 2. The maximum absolute atomic E-state index is 4.19. The number of thiol groups is 1. The Morgan fingerprint density at radius 1 is 1.55 bits per heavy atom. The topological polar surface area (TPSA) is 17.8 Å². The van der Waals surface area contributed by atoms with Gasteiger partial charge in [0, 0.05) is 6.54 Å². The van der Waals surface area contributed by atoms with Crippen molar-refractivity contribution in [1.29, 1.82) is 0 Å². The van der Waals surface area contributed by atoms with Crippen LogP contribution in [-0.2, 0) is 6.54 Å². The van der Waals surface area contributed by atoms with Crippen LogP contribution in [0.25, 0.3) is 0 Å². The van der Waals surface area contributed by atoms with E-state index < -0.39 is 0 Å². The minimum Gasteiger partial charge on any atom is -0.325 e. The van der Waals surface area contributed by atoms with E-state index in [-0.39, 0.29) is 0 Å². The Bertz CT molecular complexity index is 236. The van der Waals surface area contributed by atoms with Crippen LogP contribution in [0.2, 0.25) is 0 Å². The van der Waals surface area contributed by atoms with Gasteiger partial charge in [-0.2, -0.15) is 12.6 Å². The molecule has 0 unspecified atom stereocenters. The van der Waals surface area contributed by atoms with Gasteiger partial charge in [-0.3, -0.25) is 0 Å². The summed E-state index contributed by atoms with van der Waals surface area (Å²) in [6, 6.07) is 0. The molecule has 0 radical (unpaired) electrons. The summed E-state index contributed by atoms with van der Waals surface area (Å²) in [5.41, 5.74) is 0. The lowest BCUT2D eigenvalue weighted by Gasteiger charge is -2.00. The monoisotopic (exact) mass is 394 g/mol. The number of halogens is 2. The van der Waals surface area contributed by atoms with E-state index in [9.17, 15) is 0 Å². The van der Waals surface area contributed by atoms with Gasteiger partial charge in [0.15, 0.2) is 0 Å². The van der Waals surface area contributed by atoms with Gasteiger partial charge in [-0.05, 0) is 57.4 Å². The molecular weight excluding hydrogens is 386 g/mol. The van der Waals surface area contributed by atoms with Crippen LogP contribution in [0.15, 0.2) is 6.33 Å². The molecule has 0 bridgehead atoms. The van der Waals surface area contributed by atoms with Gasteiger partial charge in [-0.1, -0.05) is 0 Å².